The van der Waals surface area contributed by atoms with E-state index in [1.807, 2.05) is 0 Å². The molecule has 0 amide bonds. The fourth-order valence-electron chi connectivity index (χ4n) is 1.96. The molecule has 0 radical (unpaired) electrons. The van der Waals surface area contributed by atoms with Crippen molar-refractivity contribution in [1.82, 2.24) is 0 Å². The first-order chi connectivity index (χ1) is 7.65. The van der Waals surface area contributed by atoms with Gasteiger partial charge in [-0.3, -0.25) is 0 Å². The molecule has 0 N–H and O–H groups in total. The standard InChI is InChI=1S/C13H23OSi.2ClH.Ti/c1-4-11-14-13(15(2)3)10-9-12-7-5-6-8-12;;;/h5,7,13,15H,4,6,9-11H2,1-3H3;2*1H;/q;;;+2/p-2. The molecule has 0 saturated heterocycles. The third-order valence-corrected chi connectivity index (χ3v) is 5.84. The first kappa shape index (κ1) is 21.3. The normalized spacial score (nSPS) is 15.7. The maximum absolute atomic E-state index is 5.96. The zero-order chi connectivity index (χ0) is 12.0. The molecule has 103 valence electrons. The Labute approximate surface area is 138 Å². The summed E-state index contributed by atoms with van der Waals surface area (Å²) in [6.07, 6.45) is 9.31. The molecule has 1 atom stereocenters. The first-order valence-electron chi connectivity index (χ1n) is 6.37. The molecular weight excluding hydrogens is 319 g/mol. The van der Waals surface area contributed by atoms with E-state index in [0.29, 0.717) is 5.73 Å². The Balaban J connectivity index is 0. The summed E-state index contributed by atoms with van der Waals surface area (Å²) in [5.41, 5.74) is 2.12. The van der Waals surface area contributed by atoms with Gasteiger partial charge < -0.3 is 24.8 Å². The molecule has 1 aliphatic rings. The summed E-state index contributed by atoms with van der Waals surface area (Å²) < 4.78 is 7.52. The third-order valence-electron chi connectivity index (χ3n) is 3.01. The van der Waals surface area contributed by atoms with E-state index in [4.69, 9.17) is 4.74 Å². The number of ether oxygens (including phenoxy) is 1. The molecule has 0 aromatic heterocycles. The van der Waals surface area contributed by atoms with Crippen LogP contribution in [0.1, 0.15) is 32.6 Å². The van der Waals surface area contributed by atoms with Gasteiger partial charge in [0.05, 0.1) is 0 Å². The summed E-state index contributed by atoms with van der Waals surface area (Å²) >= 11 is 2.25. The Morgan fingerprint density at radius 2 is 2.06 bits per heavy atom. The van der Waals surface area contributed by atoms with Crippen LogP contribution in [0.15, 0.2) is 21.6 Å². The predicted octanol–water partition coefficient (Wildman–Crippen LogP) is -2.64. The number of rotatable bonds is 7. The largest absolute Gasteiger partial charge is 1.00 e. The van der Waals surface area contributed by atoms with Gasteiger partial charge in [-0.2, -0.15) is 0 Å². The Bertz CT molecular complexity index is 280. The van der Waals surface area contributed by atoms with Crippen LogP contribution < -0.4 is 24.8 Å². The van der Waals surface area contributed by atoms with E-state index in [1.54, 1.807) is 9.45 Å². The molecule has 0 saturated carbocycles. The monoisotopic (exact) mass is 341 g/mol. The van der Waals surface area contributed by atoms with Crippen molar-refractivity contribution in [3.8, 4) is 0 Å². The van der Waals surface area contributed by atoms with Crippen molar-refractivity contribution < 1.29 is 50.0 Å². The summed E-state index contributed by atoms with van der Waals surface area (Å²) in [6.45, 7) is 7.91. The van der Waals surface area contributed by atoms with E-state index < -0.39 is 8.80 Å². The van der Waals surface area contributed by atoms with Gasteiger partial charge in [-0.15, -0.1) is 0 Å². The molecule has 0 bridgehead atoms. The maximum atomic E-state index is 5.96. The van der Waals surface area contributed by atoms with Gasteiger partial charge in [0.1, 0.15) is 0 Å². The van der Waals surface area contributed by atoms with Gasteiger partial charge in [0.25, 0.3) is 0 Å². The van der Waals surface area contributed by atoms with E-state index in [9.17, 15) is 0 Å². The van der Waals surface area contributed by atoms with Crippen LogP contribution in [0.4, 0.5) is 0 Å². The quantitative estimate of drug-likeness (QED) is 0.460. The van der Waals surface area contributed by atoms with E-state index >= 15 is 0 Å². The Morgan fingerprint density at radius 3 is 2.50 bits per heavy atom. The van der Waals surface area contributed by atoms with Crippen LogP contribution in [-0.4, -0.2) is 21.1 Å². The molecule has 0 spiro atoms. The van der Waals surface area contributed by atoms with E-state index in [-0.39, 0.29) is 24.8 Å². The van der Waals surface area contributed by atoms with Gasteiger partial charge in [-0.25, -0.2) is 0 Å². The molecule has 1 aliphatic carbocycles. The summed E-state index contributed by atoms with van der Waals surface area (Å²) in [5.74, 6) is 0. The van der Waals surface area contributed by atoms with Crippen molar-refractivity contribution in [3.05, 3.63) is 21.6 Å². The van der Waals surface area contributed by atoms with E-state index in [2.05, 4.69) is 52.6 Å². The number of hydrogen-bond donors (Lipinski definition) is 0. The minimum Gasteiger partial charge on any atom is -1.00 e. The van der Waals surface area contributed by atoms with Gasteiger partial charge in [0.2, 0.25) is 0 Å². The van der Waals surface area contributed by atoms with Crippen molar-refractivity contribution >= 4 is 8.80 Å². The Hall–Kier alpha value is 0.951. The van der Waals surface area contributed by atoms with Crippen LogP contribution in [0, 0.1) is 0 Å². The summed E-state index contributed by atoms with van der Waals surface area (Å²) in [7, 11) is -0.667. The van der Waals surface area contributed by atoms with Crippen molar-refractivity contribution in [1.29, 1.82) is 0 Å². The molecule has 0 aromatic rings. The molecule has 1 nitrogen and oxygen atoms in total. The minimum atomic E-state index is -0.667. The topological polar surface area (TPSA) is 9.23 Å². The fraction of sp³-hybridized carbons (Fsp3) is 0.692. The van der Waals surface area contributed by atoms with Crippen LogP contribution in [0.3, 0.4) is 0 Å². The summed E-state index contributed by atoms with van der Waals surface area (Å²) in [4.78, 5) is 0. The van der Waals surface area contributed by atoms with Gasteiger partial charge in [-0.1, -0.05) is 0 Å². The van der Waals surface area contributed by atoms with Gasteiger partial charge in [-0.05, 0) is 0 Å². The van der Waals surface area contributed by atoms with Gasteiger partial charge in [0.15, 0.2) is 0 Å². The zero-order valence-corrected chi connectivity index (χ0v) is 15.7. The smallest absolute Gasteiger partial charge is 1.00 e. The maximum Gasteiger partial charge on any atom is -1.00 e. The van der Waals surface area contributed by atoms with Crippen molar-refractivity contribution in [2.75, 3.05) is 6.61 Å². The van der Waals surface area contributed by atoms with Gasteiger partial charge >= 0.3 is 114 Å². The second kappa shape index (κ2) is 11.8. The van der Waals surface area contributed by atoms with Crippen LogP contribution >= 0.6 is 0 Å². The van der Waals surface area contributed by atoms with Crippen molar-refractivity contribution in [3.63, 3.8) is 0 Å². The number of hydrogen-bond acceptors (Lipinski definition) is 1. The summed E-state index contributed by atoms with van der Waals surface area (Å²) in [6, 6.07) is 0. The predicted molar refractivity (Wildman–Crippen MR) is 68.9 cm³/mol. The fourth-order valence-corrected chi connectivity index (χ4v) is 3.82. The van der Waals surface area contributed by atoms with Crippen molar-refractivity contribution in [2.24, 2.45) is 0 Å². The zero-order valence-electron chi connectivity index (χ0n) is 11.5. The molecule has 5 heteroatoms. The average molecular weight is 342 g/mol. The number of halogens is 2. The third kappa shape index (κ3) is 7.52. The average Bonchev–Trinajstić information content (AvgIpc) is 2.64. The molecule has 0 aliphatic heterocycles. The van der Waals surface area contributed by atoms with E-state index in [1.165, 1.54) is 12.8 Å². The second-order valence-corrected chi connectivity index (χ2v) is 8.98. The molecule has 0 heterocycles. The van der Waals surface area contributed by atoms with Gasteiger partial charge in [0, 0.05) is 0 Å². The second-order valence-electron chi connectivity index (χ2n) is 4.80. The summed E-state index contributed by atoms with van der Waals surface area (Å²) in [5, 5.41) is 0. The van der Waals surface area contributed by atoms with Crippen LogP contribution in [0.25, 0.3) is 0 Å². The molecule has 18 heavy (non-hydrogen) atoms. The molecule has 0 aromatic carbocycles. The van der Waals surface area contributed by atoms with E-state index in [0.717, 1.165) is 19.4 Å². The van der Waals surface area contributed by atoms with Crippen LogP contribution in [0.5, 0.6) is 0 Å². The Kier molecular flexibility index (Phi) is 13.9. The minimum absolute atomic E-state index is 0. The molecule has 1 rings (SSSR count). The van der Waals surface area contributed by atoms with Crippen LogP contribution in [0.2, 0.25) is 13.1 Å². The van der Waals surface area contributed by atoms with Crippen molar-refractivity contribution in [2.45, 2.75) is 51.4 Å². The molecular formula is C13H23Cl2OSiTi. The molecule has 0 fully saturated rings. The SMILES string of the molecule is CCCOC(CCC1=[C]([Ti+2])CC=C1)[SiH](C)C.[Cl-].[Cl-]. The molecule has 1 unspecified atom stereocenters. The number of allylic oxidation sites excluding steroid dienone is 4. The Morgan fingerprint density at radius 1 is 1.39 bits per heavy atom. The van der Waals surface area contributed by atoms with Crippen LogP contribution in [-0.2, 0) is 25.2 Å². The first-order valence-corrected chi connectivity index (χ1v) is 10.1.